The number of rotatable bonds is 7. The highest BCUT2D eigenvalue weighted by atomic mass is 32.2. The Bertz CT molecular complexity index is 2350. The zero-order valence-electron chi connectivity index (χ0n) is 30.4. The lowest BCUT2D eigenvalue weighted by atomic mass is 9.81. The average Bonchev–Trinajstić information content (AvgIpc) is 3.63. The van der Waals surface area contributed by atoms with Crippen LogP contribution in [0.4, 0.5) is 0 Å². The monoisotopic (exact) mass is 735 g/mol. The molecule has 11 nitrogen and oxygen atoms in total. The number of aromatic nitrogens is 2. The topological polar surface area (TPSA) is 127 Å². The lowest BCUT2D eigenvalue weighted by Crippen LogP contribution is -2.44. The minimum atomic E-state index is -3.99. The van der Waals surface area contributed by atoms with Gasteiger partial charge in [0.15, 0.2) is 11.5 Å². The van der Waals surface area contributed by atoms with Gasteiger partial charge in [-0.3, -0.25) is 9.59 Å². The van der Waals surface area contributed by atoms with Crippen molar-refractivity contribution >= 4 is 44.0 Å². The van der Waals surface area contributed by atoms with Gasteiger partial charge in [0, 0.05) is 67.6 Å². The van der Waals surface area contributed by atoms with Gasteiger partial charge in [0.25, 0.3) is 5.91 Å². The molecule has 2 unspecified atom stereocenters. The maximum Gasteiger partial charge on any atom is 0.303 e. The Morgan fingerprint density at radius 1 is 0.962 bits per heavy atom. The highest BCUT2D eigenvalue weighted by molar-refractivity contribution is 7.87. The molecule has 2 atom stereocenters. The molecule has 0 bridgehead atoms. The fourth-order valence-corrected chi connectivity index (χ4v) is 9.93. The van der Waals surface area contributed by atoms with E-state index >= 15 is 0 Å². The first-order valence-electron chi connectivity index (χ1n) is 18.8. The normalized spacial score (nSPS) is 22.0. The number of hydrogen-bond donors (Lipinski definition) is 1. The number of nitrogens with one attached hydrogen (secondary N) is 1. The van der Waals surface area contributed by atoms with Crippen molar-refractivity contribution in [1.29, 1.82) is 0 Å². The summed E-state index contributed by atoms with van der Waals surface area (Å²) in [6.07, 6.45) is 7.94. The molecule has 2 saturated carbocycles. The number of para-hydroxylation sites is 2. The van der Waals surface area contributed by atoms with Gasteiger partial charge in [-0.15, -0.1) is 0 Å². The molecule has 53 heavy (non-hydrogen) atoms. The highest BCUT2D eigenvalue weighted by Gasteiger charge is 2.64. The van der Waals surface area contributed by atoms with Crippen molar-refractivity contribution in [3.63, 3.8) is 0 Å². The van der Waals surface area contributed by atoms with Crippen LogP contribution in [0.3, 0.4) is 0 Å². The van der Waals surface area contributed by atoms with Gasteiger partial charge < -0.3 is 18.6 Å². The quantitative estimate of drug-likeness (QED) is 0.192. The number of piperidine rings is 1. The van der Waals surface area contributed by atoms with Crippen LogP contribution < -0.4 is 9.46 Å². The lowest BCUT2D eigenvalue weighted by Gasteiger charge is -2.34. The Kier molecular flexibility index (Phi) is 8.19. The van der Waals surface area contributed by atoms with Crippen molar-refractivity contribution in [1.82, 2.24) is 23.5 Å². The maximum atomic E-state index is 15.0. The van der Waals surface area contributed by atoms with Crippen LogP contribution in [0.2, 0.25) is 0 Å². The summed E-state index contributed by atoms with van der Waals surface area (Å²) in [6, 6.07) is 19.6. The Balaban J connectivity index is 1.13. The van der Waals surface area contributed by atoms with E-state index in [0.717, 1.165) is 99.7 Å². The minimum absolute atomic E-state index is 0.0146. The van der Waals surface area contributed by atoms with E-state index in [1.165, 1.54) is 26.1 Å². The van der Waals surface area contributed by atoms with Crippen molar-refractivity contribution in [2.45, 2.75) is 75.7 Å². The van der Waals surface area contributed by atoms with E-state index in [1.807, 2.05) is 47.4 Å². The molecule has 0 radical (unpaired) electrons. The summed E-state index contributed by atoms with van der Waals surface area (Å²) in [5.74, 6) is 1.48. The summed E-state index contributed by atoms with van der Waals surface area (Å²) in [5.41, 5.74) is 6.70. The summed E-state index contributed by atoms with van der Waals surface area (Å²) < 4.78 is 42.6. The Morgan fingerprint density at radius 2 is 1.74 bits per heavy atom. The number of carbonyl (C=O) groups excluding carboxylic acids is 2. The van der Waals surface area contributed by atoms with Gasteiger partial charge in [0.05, 0.1) is 18.2 Å². The molecular formula is C41H45N5O6S. The molecule has 5 aromatic rings. The first-order chi connectivity index (χ1) is 25.6. The lowest BCUT2D eigenvalue weighted by molar-refractivity contribution is -0.139. The van der Waals surface area contributed by atoms with E-state index in [0.29, 0.717) is 25.6 Å². The Morgan fingerprint density at radius 3 is 2.47 bits per heavy atom. The van der Waals surface area contributed by atoms with Gasteiger partial charge in [-0.25, -0.2) is 9.71 Å². The molecule has 9 rings (SSSR count). The van der Waals surface area contributed by atoms with Crippen LogP contribution in [0.1, 0.15) is 96.5 Å². The molecule has 12 heteroatoms. The fourth-order valence-electron chi connectivity index (χ4n) is 9.40. The van der Waals surface area contributed by atoms with Gasteiger partial charge in [0.2, 0.25) is 5.91 Å². The highest BCUT2D eigenvalue weighted by Crippen LogP contribution is 2.66. The summed E-state index contributed by atoms with van der Waals surface area (Å²) in [5, 5.41) is 1.06. The zero-order chi connectivity index (χ0) is 36.6. The van der Waals surface area contributed by atoms with E-state index in [4.69, 9.17) is 14.1 Å². The molecule has 4 aliphatic rings. The second-order valence-corrected chi connectivity index (χ2v) is 17.5. The standard InChI is InChI=1S/C41H45N5O6S/c1-44(2)53(49,50)43-38(47)27-13-15-30-34(21-27)46-24-41(40(48)45-19-17-26(18-20-45)39-42-33-11-7-8-12-35(33)52-39)23-32(41)31-22-28(51-3)14-16-29(31)37(46)36(30)25-9-5-4-6-10-25/h7-8,11-16,21-22,25-26,32H,4-6,9-10,17-20,23-24H2,1-3H3,(H,43,47). The SMILES string of the molecule is COc1ccc2c(c1)C1CC1(C(=O)N1CCC(c3nc4ccccc4o3)CC1)Cn1c-2c(C2CCCCC2)c2ccc(C(=O)NS(=O)(=O)N(C)C)cc21. The minimum Gasteiger partial charge on any atom is -0.497 e. The third kappa shape index (κ3) is 5.64. The molecule has 3 fully saturated rings. The van der Waals surface area contributed by atoms with Gasteiger partial charge >= 0.3 is 10.2 Å². The number of fused-ring (bicyclic) bond motifs is 8. The summed E-state index contributed by atoms with van der Waals surface area (Å²) in [7, 11) is 0.458. The second kappa shape index (κ2) is 12.7. The third-order valence-corrected chi connectivity index (χ3v) is 13.8. The molecule has 2 aliphatic carbocycles. The molecule has 2 aromatic heterocycles. The number of nitrogens with zero attached hydrogens (tertiary/aromatic N) is 4. The fraction of sp³-hybridized carbons (Fsp3) is 0.439. The van der Waals surface area contributed by atoms with E-state index < -0.39 is 21.5 Å². The second-order valence-electron chi connectivity index (χ2n) is 15.6. The number of oxazole rings is 1. The summed E-state index contributed by atoms with van der Waals surface area (Å²) in [6.45, 7) is 1.72. The molecule has 1 N–H and O–H groups in total. The number of likely N-dealkylation sites (tertiary alicyclic amines) is 1. The Labute approximate surface area is 309 Å². The van der Waals surface area contributed by atoms with Crippen molar-refractivity contribution in [3.05, 3.63) is 83.2 Å². The van der Waals surface area contributed by atoms with Crippen LogP contribution in [0, 0.1) is 5.41 Å². The largest absolute Gasteiger partial charge is 0.497 e. The van der Waals surface area contributed by atoms with Gasteiger partial charge in [-0.1, -0.05) is 37.5 Å². The Hall–Kier alpha value is -4.68. The van der Waals surface area contributed by atoms with Crippen LogP contribution in [0.5, 0.6) is 5.75 Å². The molecule has 2 aliphatic heterocycles. The number of methoxy groups -OCH3 is 1. The third-order valence-electron chi connectivity index (χ3n) is 12.4. The van der Waals surface area contributed by atoms with E-state index in [9.17, 15) is 18.0 Å². The molecule has 1 saturated heterocycles. The van der Waals surface area contributed by atoms with Crippen LogP contribution in [0.25, 0.3) is 33.3 Å². The number of carbonyl (C=O) groups is 2. The number of amides is 2. The number of benzene rings is 3. The predicted octanol–water partition coefficient (Wildman–Crippen LogP) is 6.94. The molecular weight excluding hydrogens is 691 g/mol. The van der Waals surface area contributed by atoms with Crippen molar-refractivity contribution < 1.29 is 27.2 Å². The maximum absolute atomic E-state index is 15.0. The van der Waals surface area contributed by atoms with E-state index in [2.05, 4.69) is 21.4 Å². The molecule has 0 spiro atoms. The van der Waals surface area contributed by atoms with Crippen LogP contribution in [-0.4, -0.2) is 73.3 Å². The summed E-state index contributed by atoms with van der Waals surface area (Å²) in [4.78, 5) is 35.2. The molecule has 276 valence electrons. The molecule has 2 amide bonds. The number of ether oxygens (including phenoxy) is 1. The van der Waals surface area contributed by atoms with E-state index in [-0.39, 0.29) is 23.3 Å². The zero-order valence-corrected chi connectivity index (χ0v) is 31.2. The van der Waals surface area contributed by atoms with Gasteiger partial charge in [-0.2, -0.15) is 12.7 Å². The van der Waals surface area contributed by atoms with Crippen molar-refractivity contribution in [2.75, 3.05) is 34.3 Å². The predicted molar refractivity (Wildman–Crippen MR) is 202 cm³/mol. The first-order valence-corrected chi connectivity index (χ1v) is 20.3. The van der Waals surface area contributed by atoms with Crippen molar-refractivity contribution in [2.24, 2.45) is 5.41 Å². The smallest absolute Gasteiger partial charge is 0.303 e. The average molecular weight is 736 g/mol. The van der Waals surface area contributed by atoms with Crippen molar-refractivity contribution in [3.8, 4) is 17.0 Å². The van der Waals surface area contributed by atoms with Crippen LogP contribution in [-0.2, 0) is 21.5 Å². The van der Waals surface area contributed by atoms with E-state index in [1.54, 1.807) is 13.2 Å². The van der Waals surface area contributed by atoms with Crippen LogP contribution >= 0.6 is 0 Å². The van der Waals surface area contributed by atoms with Gasteiger partial charge in [-0.05, 0) is 91.6 Å². The molecule has 4 heterocycles. The van der Waals surface area contributed by atoms with Gasteiger partial charge in [0.1, 0.15) is 11.3 Å². The van der Waals surface area contributed by atoms with Crippen LogP contribution in [0.15, 0.2) is 65.1 Å². The first kappa shape index (κ1) is 34.1. The molecule has 3 aromatic carbocycles. The summed E-state index contributed by atoms with van der Waals surface area (Å²) >= 11 is 0. The number of hydrogen-bond acceptors (Lipinski definition) is 7.